The van der Waals surface area contributed by atoms with Crippen LogP contribution < -0.4 is 0 Å². The first kappa shape index (κ1) is 16.2. The monoisotopic (exact) mass is 351 g/mol. The highest BCUT2D eigenvalue weighted by atomic mass is 79.9. The molecule has 0 aliphatic carbocycles. The number of rotatable bonds is 3. The van der Waals surface area contributed by atoms with Crippen LogP contribution in [-0.2, 0) is 9.53 Å². The van der Waals surface area contributed by atoms with Gasteiger partial charge in [-0.3, -0.25) is 4.79 Å². The highest BCUT2D eigenvalue weighted by Gasteiger charge is 2.23. The number of ether oxygens (including phenoxy) is 1. The molecule has 1 aliphatic heterocycles. The Kier molecular flexibility index (Phi) is 5.59. The zero-order chi connectivity index (χ0) is 15.4. The first-order valence-corrected chi connectivity index (χ1v) is 8.14. The van der Waals surface area contributed by atoms with Gasteiger partial charge in [0.2, 0.25) is 5.91 Å². The third kappa shape index (κ3) is 4.17. The second-order valence-corrected chi connectivity index (χ2v) is 6.63. The van der Waals surface area contributed by atoms with Gasteiger partial charge in [-0.25, -0.2) is 0 Å². The van der Waals surface area contributed by atoms with E-state index in [1.165, 1.54) is 0 Å². The molecule has 2 rings (SSSR count). The maximum Gasteiger partial charge on any atom is 0.247 e. The molecule has 1 atom stereocenters. The lowest BCUT2D eigenvalue weighted by Gasteiger charge is -2.32. The number of morpholine rings is 1. The molecule has 0 aromatic heterocycles. The van der Waals surface area contributed by atoms with E-state index in [1.54, 1.807) is 6.08 Å². The Morgan fingerprint density at radius 3 is 2.62 bits per heavy atom. The van der Waals surface area contributed by atoms with Crippen LogP contribution in [0.25, 0.3) is 5.57 Å². The summed E-state index contributed by atoms with van der Waals surface area (Å²) in [6.45, 7) is 8.17. The molecule has 1 fully saturated rings. The number of carbonyl (C=O) groups is 1. The Morgan fingerprint density at radius 1 is 1.38 bits per heavy atom. The van der Waals surface area contributed by atoms with E-state index in [-0.39, 0.29) is 11.9 Å². The van der Waals surface area contributed by atoms with Gasteiger partial charge in [0.05, 0.1) is 19.3 Å². The molecule has 0 spiro atoms. The average Bonchev–Trinajstić information content (AvgIpc) is 2.46. The fraction of sp³-hybridized carbons (Fsp3) is 0.471. The van der Waals surface area contributed by atoms with Crippen LogP contribution in [0.3, 0.4) is 0 Å². The van der Waals surface area contributed by atoms with Gasteiger partial charge in [0.15, 0.2) is 0 Å². The second kappa shape index (κ2) is 7.23. The fourth-order valence-corrected chi connectivity index (χ4v) is 2.76. The van der Waals surface area contributed by atoms with Crippen molar-refractivity contribution in [3.8, 4) is 0 Å². The molecule has 1 aromatic carbocycles. The van der Waals surface area contributed by atoms with Crippen molar-refractivity contribution in [1.29, 1.82) is 0 Å². The van der Waals surface area contributed by atoms with Gasteiger partial charge in [-0.05, 0) is 36.1 Å². The fourth-order valence-electron chi connectivity index (χ4n) is 2.50. The molecule has 0 saturated carbocycles. The third-order valence-corrected chi connectivity index (χ3v) is 4.26. The number of hydrogen-bond acceptors (Lipinski definition) is 2. The molecule has 3 nitrogen and oxygen atoms in total. The van der Waals surface area contributed by atoms with Gasteiger partial charge in [0, 0.05) is 17.1 Å². The minimum Gasteiger partial charge on any atom is -0.377 e. The standard InChI is InChI=1S/C17H22BrNO2/c1-12(2)16(14-4-6-15(18)7-5-14)10-17(20)19-8-9-21-11-13(19)3/h4-7,10,12-13H,8-9,11H2,1-3H3/b16-10+. The van der Waals surface area contributed by atoms with Crippen molar-refractivity contribution in [3.05, 3.63) is 40.4 Å². The van der Waals surface area contributed by atoms with Crippen LogP contribution in [0.1, 0.15) is 26.3 Å². The van der Waals surface area contributed by atoms with Gasteiger partial charge in [0.25, 0.3) is 0 Å². The van der Waals surface area contributed by atoms with E-state index < -0.39 is 0 Å². The van der Waals surface area contributed by atoms with Crippen molar-refractivity contribution in [2.75, 3.05) is 19.8 Å². The highest BCUT2D eigenvalue weighted by Crippen LogP contribution is 2.25. The Morgan fingerprint density at radius 2 is 2.05 bits per heavy atom. The molecular weight excluding hydrogens is 330 g/mol. The first-order chi connectivity index (χ1) is 9.99. The maximum atomic E-state index is 12.5. The normalized spacial score (nSPS) is 20.0. The quantitative estimate of drug-likeness (QED) is 0.776. The van der Waals surface area contributed by atoms with Crippen LogP contribution in [0.5, 0.6) is 0 Å². The van der Waals surface area contributed by atoms with E-state index in [4.69, 9.17) is 4.74 Å². The number of hydrogen-bond donors (Lipinski definition) is 0. The summed E-state index contributed by atoms with van der Waals surface area (Å²) < 4.78 is 6.44. The molecule has 1 amide bonds. The third-order valence-electron chi connectivity index (χ3n) is 3.73. The van der Waals surface area contributed by atoms with E-state index in [0.29, 0.717) is 25.7 Å². The summed E-state index contributed by atoms with van der Waals surface area (Å²) in [5, 5.41) is 0. The second-order valence-electron chi connectivity index (χ2n) is 5.72. The van der Waals surface area contributed by atoms with Crippen LogP contribution in [0.2, 0.25) is 0 Å². The predicted octanol–water partition coefficient (Wildman–Crippen LogP) is 3.74. The Balaban J connectivity index is 2.24. The lowest BCUT2D eigenvalue weighted by atomic mass is 9.94. The molecule has 1 saturated heterocycles. The van der Waals surface area contributed by atoms with Gasteiger partial charge in [-0.15, -0.1) is 0 Å². The zero-order valence-electron chi connectivity index (χ0n) is 12.8. The summed E-state index contributed by atoms with van der Waals surface area (Å²) in [5.74, 6) is 0.379. The lowest BCUT2D eigenvalue weighted by molar-refractivity contribution is -0.133. The minimum atomic E-state index is 0.0809. The van der Waals surface area contributed by atoms with Crippen molar-refractivity contribution in [2.24, 2.45) is 5.92 Å². The first-order valence-electron chi connectivity index (χ1n) is 7.35. The molecule has 4 heteroatoms. The largest absolute Gasteiger partial charge is 0.377 e. The molecule has 1 aliphatic rings. The van der Waals surface area contributed by atoms with Gasteiger partial charge >= 0.3 is 0 Å². The molecule has 21 heavy (non-hydrogen) atoms. The van der Waals surface area contributed by atoms with Crippen LogP contribution in [0.15, 0.2) is 34.8 Å². The molecule has 1 unspecified atom stereocenters. The van der Waals surface area contributed by atoms with E-state index in [1.807, 2.05) is 36.1 Å². The molecule has 0 bridgehead atoms. The van der Waals surface area contributed by atoms with Crippen LogP contribution in [0.4, 0.5) is 0 Å². The molecule has 1 heterocycles. The van der Waals surface area contributed by atoms with Crippen LogP contribution >= 0.6 is 15.9 Å². The number of benzene rings is 1. The van der Waals surface area contributed by atoms with Gasteiger partial charge in [-0.2, -0.15) is 0 Å². The minimum absolute atomic E-state index is 0.0809. The van der Waals surface area contributed by atoms with Crippen molar-refractivity contribution in [1.82, 2.24) is 4.90 Å². The van der Waals surface area contributed by atoms with E-state index >= 15 is 0 Å². The van der Waals surface area contributed by atoms with Crippen molar-refractivity contribution >= 4 is 27.4 Å². The number of nitrogens with zero attached hydrogens (tertiary/aromatic N) is 1. The highest BCUT2D eigenvalue weighted by molar-refractivity contribution is 9.10. The summed E-state index contributed by atoms with van der Waals surface area (Å²) in [5.41, 5.74) is 2.17. The van der Waals surface area contributed by atoms with Crippen molar-refractivity contribution in [2.45, 2.75) is 26.8 Å². The number of allylic oxidation sites excluding steroid dienone is 1. The van der Waals surface area contributed by atoms with E-state index in [2.05, 4.69) is 29.8 Å². The smallest absolute Gasteiger partial charge is 0.247 e. The summed E-state index contributed by atoms with van der Waals surface area (Å²) in [4.78, 5) is 14.4. The zero-order valence-corrected chi connectivity index (χ0v) is 14.4. The number of carbonyl (C=O) groups excluding carboxylic acids is 1. The Hall–Kier alpha value is -1.13. The van der Waals surface area contributed by atoms with Gasteiger partial charge < -0.3 is 9.64 Å². The summed E-state index contributed by atoms with van der Waals surface area (Å²) in [7, 11) is 0. The lowest BCUT2D eigenvalue weighted by Crippen LogP contribution is -2.46. The van der Waals surface area contributed by atoms with E-state index in [0.717, 1.165) is 15.6 Å². The SMILES string of the molecule is CC(C)/C(=C\C(=O)N1CCOCC1C)c1ccc(Br)cc1. The van der Waals surface area contributed by atoms with E-state index in [9.17, 15) is 4.79 Å². The van der Waals surface area contributed by atoms with Crippen LogP contribution in [0, 0.1) is 5.92 Å². The summed E-state index contributed by atoms with van der Waals surface area (Å²) >= 11 is 3.44. The molecule has 0 N–H and O–H groups in total. The maximum absolute atomic E-state index is 12.5. The topological polar surface area (TPSA) is 29.5 Å². The average molecular weight is 352 g/mol. The molecule has 0 radical (unpaired) electrons. The summed E-state index contributed by atoms with van der Waals surface area (Å²) in [6, 6.07) is 8.25. The van der Waals surface area contributed by atoms with Crippen molar-refractivity contribution < 1.29 is 9.53 Å². The van der Waals surface area contributed by atoms with Gasteiger partial charge in [-0.1, -0.05) is 41.9 Å². The summed E-state index contributed by atoms with van der Waals surface area (Å²) in [6.07, 6.45) is 1.79. The van der Waals surface area contributed by atoms with Crippen LogP contribution in [-0.4, -0.2) is 36.6 Å². The molecule has 1 aromatic rings. The Labute approximate surface area is 135 Å². The molecular formula is C17H22BrNO2. The van der Waals surface area contributed by atoms with Crippen molar-refractivity contribution in [3.63, 3.8) is 0 Å². The Bertz CT molecular complexity index is 522. The number of halogens is 1. The molecule has 114 valence electrons. The predicted molar refractivity (Wildman–Crippen MR) is 89.0 cm³/mol. The number of amides is 1. The van der Waals surface area contributed by atoms with Gasteiger partial charge in [0.1, 0.15) is 0 Å².